The second-order valence-electron chi connectivity index (χ2n) is 16.3. The molecule has 0 amide bonds. The summed E-state index contributed by atoms with van der Waals surface area (Å²) in [6.07, 6.45) is 70.6. The van der Waals surface area contributed by atoms with E-state index in [0.29, 0.717) is 19.3 Å². The summed E-state index contributed by atoms with van der Waals surface area (Å²) < 4.78 is 16.7. The summed E-state index contributed by atoms with van der Waals surface area (Å²) in [5.74, 6) is -1.10. The van der Waals surface area contributed by atoms with Crippen LogP contribution in [0.4, 0.5) is 0 Å². The van der Waals surface area contributed by atoms with Crippen LogP contribution in [-0.4, -0.2) is 37.2 Å². The number of hydrogen-bond acceptors (Lipinski definition) is 6. The SMILES string of the molecule is CC/C=C\C/C=C\C/C=C\C/C=C\C/C=C\CC(=O)OC(COC(=O)CCCCCCC/C=C\C/C=C\C/C=C\CC)COC(=O)CCCCCCC/C=C\C/C=C\CCCCCC. The molecule has 0 rings (SSSR count). The van der Waals surface area contributed by atoms with Gasteiger partial charge in [0.25, 0.3) is 0 Å². The van der Waals surface area contributed by atoms with Crippen molar-refractivity contribution in [2.24, 2.45) is 0 Å². The van der Waals surface area contributed by atoms with Crippen molar-refractivity contribution in [1.82, 2.24) is 0 Å². The van der Waals surface area contributed by atoms with Gasteiger partial charge in [-0.3, -0.25) is 14.4 Å². The van der Waals surface area contributed by atoms with Crippen LogP contribution in [0.3, 0.4) is 0 Å². The predicted molar refractivity (Wildman–Crippen MR) is 274 cm³/mol. The highest BCUT2D eigenvalue weighted by Gasteiger charge is 2.19. The Morgan fingerprint density at radius 2 is 0.656 bits per heavy atom. The standard InChI is InChI=1S/C58H92O6/c1-4-7-10-13-16-19-22-25-28-31-33-36-39-42-45-48-51-57(60)63-54-55(64-58(61)52-49-46-43-40-37-34-30-27-24-21-18-15-12-9-6-3)53-62-56(59)50-47-44-41-38-35-32-29-26-23-20-17-14-11-8-5-2/h8-9,11-12,17-22,26-31,37,40,46,49,55H,4-7,10,13-16,23-25,32-36,38-39,41-45,47-48,50-54H2,1-3H3/b11-8-,12-9-,20-17-,21-18-,22-19-,29-26-,30-27-,31-28-,40-37-,49-46-. The van der Waals surface area contributed by atoms with E-state index in [2.05, 4.69) is 130 Å². The molecule has 0 saturated carbocycles. The minimum Gasteiger partial charge on any atom is -0.462 e. The molecule has 0 saturated heterocycles. The lowest BCUT2D eigenvalue weighted by Crippen LogP contribution is -2.30. The molecule has 0 spiro atoms. The van der Waals surface area contributed by atoms with Crippen molar-refractivity contribution in [3.8, 4) is 0 Å². The lowest BCUT2D eigenvalue weighted by Gasteiger charge is -2.18. The van der Waals surface area contributed by atoms with Crippen LogP contribution in [-0.2, 0) is 28.6 Å². The fourth-order valence-electron chi connectivity index (χ4n) is 6.44. The highest BCUT2D eigenvalue weighted by atomic mass is 16.6. The molecule has 0 aliphatic carbocycles. The molecule has 0 N–H and O–H groups in total. The third kappa shape index (κ3) is 48.8. The average molecular weight is 885 g/mol. The van der Waals surface area contributed by atoms with Gasteiger partial charge in [-0.15, -0.1) is 0 Å². The molecule has 0 aliphatic heterocycles. The minimum absolute atomic E-state index is 0.0850. The summed E-state index contributed by atoms with van der Waals surface area (Å²) >= 11 is 0. The van der Waals surface area contributed by atoms with E-state index >= 15 is 0 Å². The zero-order chi connectivity index (χ0) is 46.5. The molecular weight excluding hydrogens is 793 g/mol. The number of esters is 3. The second kappa shape index (κ2) is 51.4. The third-order valence-corrected chi connectivity index (χ3v) is 10.2. The number of rotatable bonds is 44. The molecule has 6 heteroatoms. The number of allylic oxidation sites excluding steroid dienone is 19. The fourth-order valence-corrected chi connectivity index (χ4v) is 6.44. The monoisotopic (exact) mass is 885 g/mol. The van der Waals surface area contributed by atoms with Gasteiger partial charge in [0, 0.05) is 12.8 Å². The summed E-state index contributed by atoms with van der Waals surface area (Å²) in [6.45, 7) is 6.26. The van der Waals surface area contributed by atoms with E-state index in [1.165, 1.54) is 32.1 Å². The molecule has 0 heterocycles. The van der Waals surface area contributed by atoms with Crippen LogP contribution in [0.5, 0.6) is 0 Å². The van der Waals surface area contributed by atoms with Crippen molar-refractivity contribution >= 4 is 17.9 Å². The molecule has 0 aromatic carbocycles. The first-order valence-corrected chi connectivity index (χ1v) is 25.5. The van der Waals surface area contributed by atoms with Crippen LogP contribution in [0, 0.1) is 0 Å². The van der Waals surface area contributed by atoms with Crippen LogP contribution in [0.25, 0.3) is 0 Å². The molecule has 1 unspecified atom stereocenters. The number of ether oxygens (including phenoxy) is 3. The van der Waals surface area contributed by atoms with Crippen LogP contribution in [0.2, 0.25) is 0 Å². The molecule has 6 nitrogen and oxygen atoms in total. The zero-order valence-electron chi connectivity index (χ0n) is 41.0. The molecule has 0 bridgehead atoms. The summed E-state index contributed by atoms with van der Waals surface area (Å²) in [6, 6.07) is 0. The molecule has 0 aromatic heterocycles. The van der Waals surface area contributed by atoms with E-state index in [1.54, 1.807) is 6.08 Å². The predicted octanol–water partition coefficient (Wildman–Crippen LogP) is 16.9. The smallest absolute Gasteiger partial charge is 0.310 e. The molecule has 64 heavy (non-hydrogen) atoms. The van der Waals surface area contributed by atoms with Crippen LogP contribution in [0.1, 0.15) is 207 Å². The maximum atomic E-state index is 12.7. The van der Waals surface area contributed by atoms with E-state index in [0.717, 1.165) is 128 Å². The second-order valence-corrected chi connectivity index (χ2v) is 16.3. The lowest BCUT2D eigenvalue weighted by molar-refractivity contribution is -0.166. The topological polar surface area (TPSA) is 78.9 Å². The molecule has 0 radical (unpaired) electrons. The zero-order valence-corrected chi connectivity index (χ0v) is 41.0. The van der Waals surface area contributed by atoms with Crippen molar-refractivity contribution in [3.63, 3.8) is 0 Å². The van der Waals surface area contributed by atoms with Crippen molar-refractivity contribution in [2.75, 3.05) is 13.2 Å². The normalized spacial score (nSPS) is 13.1. The quantitative estimate of drug-likeness (QED) is 0.0262. The van der Waals surface area contributed by atoms with Gasteiger partial charge in [0.05, 0.1) is 6.42 Å². The molecule has 1 atom stereocenters. The van der Waals surface area contributed by atoms with Crippen molar-refractivity contribution in [3.05, 3.63) is 122 Å². The van der Waals surface area contributed by atoms with E-state index in [9.17, 15) is 14.4 Å². The van der Waals surface area contributed by atoms with Gasteiger partial charge >= 0.3 is 17.9 Å². The maximum Gasteiger partial charge on any atom is 0.310 e. The lowest BCUT2D eigenvalue weighted by atomic mass is 10.1. The van der Waals surface area contributed by atoms with Gasteiger partial charge in [0.2, 0.25) is 0 Å². The van der Waals surface area contributed by atoms with Gasteiger partial charge in [-0.1, -0.05) is 200 Å². The van der Waals surface area contributed by atoms with Crippen LogP contribution < -0.4 is 0 Å². The fraction of sp³-hybridized carbons (Fsp3) is 0.603. The average Bonchev–Trinajstić information content (AvgIpc) is 3.29. The maximum absolute atomic E-state index is 12.7. The Morgan fingerprint density at radius 3 is 1.03 bits per heavy atom. The highest BCUT2D eigenvalue weighted by Crippen LogP contribution is 2.12. The Hall–Kier alpha value is -4.19. The van der Waals surface area contributed by atoms with E-state index in [-0.39, 0.29) is 31.6 Å². The molecule has 0 aliphatic rings. The Balaban J connectivity index is 4.58. The largest absolute Gasteiger partial charge is 0.462 e. The first-order valence-electron chi connectivity index (χ1n) is 25.5. The molecule has 360 valence electrons. The Morgan fingerprint density at radius 1 is 0.344 bits per heavy atom. The van der Waals surface area contributed by atoms with Crippen molar-refractivity contribution in [2.45, 2.75) is 213 Å². The number of carbonyl (C=O) groups is 3. The van der Waals surface area contributed by atoms with Crippen LogP contribution >= 0.6 is 0 Å². The molecule has 0 aromatic rings. The van der Waals surface area contributed by atoms with E-state index in [1.807, 2.05) is 6.08 Å². The van der Waals surface area contributed by atoms with Gasteiger partial charge < -0.3 is 14.2 Å². The first-order chi connectivity index (χ1) is 31.5. The van der Waals surface area contributed by atoms with Gasteiger partial charge in [-0.25, -0.2) is 0 Å². The summed E-state index contributed by atoms with van der Waals surface area (Å²) in [5, 5.41) is 0. The number of hydrogen-bond donors (Lipinski definition) is 0. The highest BCUT2D eigenvalue weighted by molar-refractivity contribution is 5.72. The Kier molecular flexibility index (Phi) is 48.1. The minimum atomic E-state index is -0.848. The molecule has 0 fully saturated rings. The third-order valence-electron chi connectivity index (χ3n) is 10.2. The van der Waals surface area contributed by atoms with Gasteiger partial charge in [0.1, 0.15) is 13.2 Å². The van der Waals surface area contributed by atoms with E-state index in [4.69, 9.17) is 14.2 Å². The van der Waals surface area contributed by atoms with E-state index < -0.39 is 12.1 Å². The summed E-state index contributed by atoms with van der Waals surface area (Å²) in [4.78, 5) is 37.9. The Labute approximate surface area is 392 Å². The van der Waals surface area contributed by atoms with Gasteiger partial charge in [-0.05, 0) is 109 Å². The summed E-state index contributed by atoms with van der Waals surface area (Å²) in [7, 11) is 0. The summed E-state index contributed by atoms with van der Waals surface area (Å²) in [5.41, 5.74) is 0. The molecular formula is C58H92O6. The van der Waals surface area contributed by atoms with Crippen molar-refractivity contribution < 1.29 is 28.6 Å². The van der Waals surface area contributed by atoms with Gasteiger partial charge in [0.15, 0.2) is 6.10 Å². The van der Waals surface area contributed by atoms with Crippen molar-refractivity contribution in [1.29, 1.82) is 0 Å². The van der Waals surface area contributed by atoms with Gasteiger partial charge in [-0.2, -0.15) is 0 Å². The van der Waals surface area contributed by atoms with Crippen LogP contribution in [0.15, 0.2) is 122 Å². The number of unbranched alkanes of at least 4 members (excludes halogenated alkanes) is 14. The Bertz CT molecular complexity index is 1390. The number of carbonyl (C=O) groups excluding carboxylic acids is 3. The first kappa shape index (κ1) is 59.8.